The second kappa shape index (κ2) is 6.31. The van der Waals surface area contributed by atoms with Crippen molar-refractivity contribution in [1.29, 1.82) is 0 Å². The van der Waals surface area contributed by atoms with Crippen LogP contribution in [0.25, 0.3) is 6.08 Å². The van der Waals surface area contributed by atoms with E-state index in [4.69, 9.17) is 0 Å². The summed E-state index contributed by atoms with van der Waals surface area (Å²) in [4.78, 5) is 17.1. The Labute approximate surface area is 158 Å². The number of fused-ring (bicyclic) bond motifs is 1. The fraction of sp³-hybridized carbons (Fsp3) is 0.261. The molecule has 0 aliphatic heterocycles. The molecule has 0 radical (unpaired) electrons. The van der Waals surface area contributed by atoms with E-state index in [0.717, 1.165) is 42.5 Å². The molecule has 5 rings (SSSR count). The van der Waals surface area contributed by atoms with Gasteiger partial charge in [-0.1, -0.05) is 55.0 Å². The standard InChI is InChI=1S/C23H21N3O/c27-22(16-6-4-7-16)21-19-11-12-23(14-20(19)25-26-21,17-8-2-1-3-9-17)18-10-5-13-24-15-18/h1-3,5,8-13,15-16H,4,6-7,14H2,(H,25,26). The number of pyridine rings is 1. The van der Waals surface area contributed by atoms with Gasteiger partial charge in [-0.25, -0.2) is 0 Å². The third-order valence-electron chi connectivity index (χ3n) is 6.05. The summed E-state index contributed by atoms with van der Waals surface area (Å²) in [5, 5.41) is 7.57. The summed E-state index contributed by atoms with van der Waals surface area (Å²) in [6, 6.07) is 14.6. The monoisotopic (exact) mass is 355 g/mol. The Bertz CT molecular complexity index is 961. The zero-order chi connectivity index (χ0) is 18.3. The molecule has 0 saturated heterocycles. The number of nitrogens with one attached hydrogen (secondary N) is 1. The number of carbonyl (C=O) groups is 1. The molecule has 3 aromatic rings. The normalized spacial score (nSPS) is 21.5. The number of aromatic nitrogens is 3. The molecular weight excluding hydrogens is 334 g/mol. The van der Waals surface area contributed by atoms with Gasteiger partial charge in [0.1, 0.15) is 5.69 Å². The lowest BCUT2D eigenvalue weighted by molar-refractivity contribution is 0.0849. The summed E-state index contributed by atoms with van der Waals surface area (Å²) in [5.41, 5.74) is 4.63. The van der Waals surface area contributed by atoms with Crippen LogP contribution in [0.2, 0.25) is 0 Å². The first-order valence-electron chi connectivity index (χ1n) is 9.55. The average Bonchev–Trinajstić information content (AvgIpc) is 3.11. The molecule has 2 aliphatic rings. The number of nitrogens with zero attached hydrogens (tertiary/aromatic N) is 2. The highest BCUT2D eigenvalue weighted by Gasteiger charge is 2.38. The lowest BCUT2D eigenvalue weighted by atomic mass is 9.68. The number of hydrogen-bond donors (Lipinski definition) is 1. The van der Waals surface area contributed by atoms with E-state index in [9.17, 15) is 4.79 Å². The van der Waals surface area contributed by atoms with Gasteiger partial charge in [-0.3, -0.25) is 14.9 Å². The van der Waals surface area contributed by atoms with E-state index in [1.165, 1.54) is 5.56 Å². The Hall–Kier alpha value is -3.01. The van der Waals surface area contributed by atoms with Crippen LogP contribution in [-0.2, 0) is 11.8 Å². The van der Waals surface area contributed by atoms with Crippen LogP contribution in [-0.4, -0.2) is 21.0 Å². The largest absolute Gasteiger partial charge is 0.292 e. The maximum atomic E-state index is 12.7. The van der Waals surface area contributed by atoms with Crippen molar-refractivity contribution >= 4 is 11.9 Å². The van der Waals surface area contributed by atoms with E-state index in [2.05, 4.69) is 57.7 Å². The second-order valence-corrected chi connectivity index (χ2v) is 7.55. The van der Waals surface area contributed by atoms with Gasteiger partial charge in [-0.05, 0) is 30.0 Å². The molecule has 1 fully saturated rings. The molecule has 0 spiro atoms. The number of allylic oxidation sites excluding steroid dienone is 1. The van der Waals surface area contributed by atoms with Gasteiger partial charge in [0.05, 0.1) is 0 Å². The summed E-state index contributed by atoms with van der Waals surface area (Å²) in [6.07, 6.45) is 11.9. The quantitative estimate of drug-likeness (QED) is 0.708. The van der Waals surface area contributed by atoms with E-state index < -0.39 is 0 Å². The van der Waals surface area contributed by atoms with E-state index >= 15 is 0 Å². The predicted octanol–water partition coefficient (Wildman–Crippen LogP) is 4.34. The van der Waals surface area contributed by atoms with Crippen molar-refractivity contribution in [3.05, 3.63) is 89.0 Å². The van der Waals surface area contributed by atoms with Crippen molar-refractivity contribution in [2.45, 2.75) is 31.1 Å². The van der Waals surface area contributed by atoms with Crippen molar-refractivity contribution in [3.8, 4) is 0 Å². The number of carbonyl (C=O) groups excluding carboxylic acids is 1. The first kappa shape index (κ1) is 16.2. The minimum Gasteiger partial charge on any atom is -0.292 e. The van der Waals surface area contributed by atoms with Crippen LogP contribution >= 0.6 is 0 Å². The van der Waals surface area contributed by atoms with Crippen molar-refractivity contribution < 1.29 is 4.79 Å². The molecular formula is C23H21N3O. The Morgan fingerprint density at radius 3 is 2.59 bits per heavy atom. The molecule has 1 aromatic carbocycles. The molecule has 0 amide bonds. The van der Waals surface area contributed by atoms with Crippen LogP contribution in [0.3, 0.4) is 0 Å². The topological polar surface area (TPSA) is 58.6 Å². The zero-order valence-corrected chi connectivity index (χ0v) is 15.1. The minimum absolute atomic E-state index is 0.157. The SMILES string of the molecule is O=C(c1n[nH]c2c1C=CC(c1ccccc1)(c1cccnc1)C2)C1CCC1. The molecule has 1 N–H and O–H groups in total. The summed E-state index contributed by atoms with van der Waals surface area (Å²) in [6.45, 7) is 0. The Kier molecular flexibility index (Phi) is 3.78. The van der Waals surface area contributed by atoms with E-state index in [0.29, 0.717) is 5.69 Å². The number of Topliss-reactive ketones (excluding diaryl/α,β-unsaturated/α-hetero) is 1. The molecule has 1 unspecified atom stereocenters. The van der Waals surface area contributed by atoms with Crippen LogP contribution in [0.1, 0.15) is 52.1 Å². The number of ketones is 1. The fourth-order valence-corrected chi connectivity index (χ4v) is 4.24. The first-order chi connectivity index (χ1) is 13.3. The molecule has 2 aliphatic carbocycles. The maximum absolute atomic E-state index is 12.7. The molecule has 1 atom stereocenters. The van der Waals surface area contributed by atoms with Gasteiger partial charge in [0.25, 0.3) is 0 Å². The van der Waals surface area contributed by atoms with Crippen molar-refractivity contribution in [2.75, 3.05) is 0 Å². The van der Waals surface area contributed by atoms with Gasteiger partial charge >= 0.3 is 0 Å². The Morgan fingerprint density at radius 1 is 1.07 bits per heavy atom. The maximum Gasteiger partial charge on any atom is 0.186 e. The molecule has 134 valence electrons. The highest BCUT2D eigenvalue weighted by molar-refractivity contribution is 6.00. The predicted molar refractivity (Wildman–Crippen MR) is 104 cm³/mol. The van der Waals surface area contributed by atoms with E-state index in [-0.39, 0.29) is 17.1 Å². The second-order valence-electron chi connectivity index (χ2n) is 7.55. The first-order valence-corrected chi connectivity index (χ1v) is 9.55. The third-order valence-corrected chi connectivity index (χ3v) is 6.05. The van der Waals surface area contributed by atoms with Crippen LogP contribution in [0.5, 0.6) is 0 Å². The van der Waals surface area contributed by atoms with Gasteiger partial charge in [-0.15, -0.1) is 0 Å². The molecule has 1 saturated carbocycles. The zero-order valence-electron chi connectivity index (χ0n) is 15.1. The number of aromatic amines is 1. The third kappa shape index (κ3) is 2.55. The molecule has 0 bridgehead atoms. The summed E-state index contributed by atoms with van der Waals surface area (Å²) in [5.74, 6) is 0.349. The van der Waals surface area contributed by atoms with Crippen LogP contribution < -0.4 is 0 Å². The van der Waals surface area contributed by atoms with Crippen molar-refractivity contribution in [1.82, 2.24) is 15.2 Å². The average molecular weight is 355 g/mol. The van der Waals surface area contributed by atoms with Gasteiger partial charge in [0.15, 0.2) is 5.78 Å². The molecule has 27 heavy (non-hydrogen) atoms. The highest BCUT2D eigenvalue weighted by Crippen LogP contribution is 2.42. The Balaban J connectivity index is 1.60. The van der Waals surface area contributed by atoms with E-state index in [1.807, 2.05) is 18.3 Å². The van der Waals surface area contributed by atoms with Gasteiger partial charge < -0.3 is 0 Å². The van der Waals surface area contributed by atoms with Crippen molar-refractivity contribution in [2.24, 2.45) is 5.92 Å². The van der Waals surface area contributed by atoms with Gasteiger partial charge in [0.2, 0.25) is 0 Å². The number of benzene rings is 1. The van der Waals surface area contributed by atoms with Gasteiger partial charge in [-0.2, -0.15) is 5.10 Å². The van der Waals surface area contributed by atoms with Crippen LogP contribution in [0, 0.1) is 5.92 Å². The molecule has 2 aromatic heterocycles. The molecule has 2 heterocycles. The van der Waals surface area contributed by atoms with Gasteiger partial charge in [0, 0.05) is 41.4 Å². The number of H-pyrrole nitrogens is 1. The highest BCUT2D eigenvalue weighted by atomic mass is 16.1. The Morgan fingerprint density at radius 2 is 1.89 bits per heavy atom. The van der Waals surface area contributed by atoms with Crippen molar-refractivity contribution in [3.63, 3.8) is 0 Å². The number of rotatable bonds is 4. The fourth-order valence-electron chi connectivity index (χ4n) is 4.24. The lowest BCUT2D eigenvalue weighted by Gasteiger charge is -2.34. The summed E-state index contributed by atoms with van der Waals surface area (Å²) in [7, 11) is 0. The van der Waals surface area contributed by atoms with Crippen LogP contribution in [0.4, 0.5) is 0 Å². The van der Waals surface area contributed by atoms with E-state index in [1.54, 1.807) is 6.20 Å². The summed E-state index contributed by atoms with van der Waals surface area (Å²) < 4.78 is 0. The lowest BCUT2D eigenvalue weighted by Crippen LogP contribution is -2.31. The smallest absolute Gasteiger partial charge is 0.186 e. The minimum atomic E-state index is -0.314. The number of hydrogen-bond acceptors (Lipinski definition) is 3. The molecule has 4 nitrogen and oxygen atoms in total. The summed E-state index contributed by atoms with van der Waals surface area (Å²) >= 11 is 0. The van der Waals surface area contributed by atoms with Crippen LogP contribution in [0.15, 0.2) is 60.9 Å². The molecule has 4 heteroatoms.